The second-order valence-corrected chi connectivity index (χ2v) is 12.1. The lowest BCUT2D eigenvalue weighted by Gasteiger charge is -2.44. The molecule has 5 rings (SSSR count). The lowest BCUT2D eigenvalue weighted by atomic mass is 9.70. The average molecular weight is 569 g/mol. The van der Waals surface area contributed by atoms with Crippen LogP contribution in [0.15, 0.2) is 77.7 Å². The molecule has 1 aromatic heterocycles. The smallest absolute Gasteiger partial charge is 0.217 e. The van der Waals surface area contributed by atoms with Crippen molar-refractivity contribution in [1.29, 1.82) is 0 Å². The molecule has 1 aliphatic rings. The van der Waals surface area contributed by atoms with Crippen molar-refractivity contribution in [2.24, 2.45) is 0 Å². The molecule has 3 atom stereocenters. The van der Waals surface area contributed by atoms with Gasteiger partial charge in [-0.3, -0.25) is 0 Å². The lowest BCUT2D eigenvalue weighted by molar-refractivity contribution is -0.0197. The van der Waals surface area contributed by atoms with Gasteiger partial charge >= 0.3 is 0 Å². The molecule has 0 spiro atoms. The van der Waals surface area contributed by atoms with E-state index < -0.39 is 21.4 Å². The van der Waals surface area contributed by atoms with Crippen LogP contribution in [0.25, 0.3) is 10.9 Å². The Bertz CT molecular complexity index is 1600. The van der Waals surface area contributed by atoms with Gasteiger partial charge in [0.25, 0.3) is 0 Å². The predicted octanol–water partition coefficient (Wildman–Crippen LogP) is 5.19. The number of hydrogen-bond acceptors (Lipinski definition) is 6. The number of fused-ring (bicyclic) bond motifs is 1. The van der Waals surface area contributed by atoms with E-state index in [-0.39, 0.29) is 30.3 Å². The van der Waals surface area contributed by atoms with E-state index in [1.54, 1.807) is 25.3 Å². The molecule has 0 aliphatic carbocycles. The van der Waals surface area contributed by atoms with Crippen LogP contribution in [-0.2, 0) is 9.84 Å². The number of aliphatic hydroxyl groups is 1. The minimum atomic E-state index is -3.42. The third-order valence-corrected chi connectivity index (χ3v) is 8.61. The number of benzene rings is 3. The predicted molar refractivity (Wildman–Crippen MR) is 156 cm³/mol. The van der Waals surface area contributed by atoms with Crippen LogP contribution >= 0.6 is 13.5 Å². The summed E-state index contributed by atoms with van der Waals surface area (Å²) in [4.78, 5) is 4.91. The highest BCUT2D eigenvalue weighted by atomic mass is 32.2. The van der Waals surface area contributed by atoms with E-state index in [9.17, 15) is 17.9 Å². The van der Waals surface area contributed by atoms with Crippen molar-refractivity contribution in [2.45, 2.75) is 42.2 Å². The Morgan fingerprint density at radius 3 is 2.51 bits per heavy atom. The molecule has 3 unspecified atom stereocenters. The second kappa shape index (κ2) is 11.3. The molecule has 9 heteroatoms. The van der Waals surface area contributed by atoms with Gasteiger partial charge in [-0.1, -0.05) is 36.4 Å². The van der Waals surface area contributed by atoms with Gasteiger partial charge in [-0.15, -0.1) is 0 Å². The fourth-order valence-corrected chi connectivity index (χ4v) is 6.34. The molecule has 0 saturated carbocycles. The Balaban J connectivity index is 0.00000353. The first kappa shape index (κ1) is 29.0. The summed E-state index contributed by atoms with van der Waals surface area (Å²) in [5, 5.41) is 16.5. The van der Waals surface area contributed by atoms with Gasteiger partial charge in [-0.2, -0.15) is 13.5 Å². The van der Waals surface area contributed by atoms with Gasteiger partial charge in [-0.05, 0) is 79.4 Å². The summed E-state index contributed by atoms with van der Waals surface area (Å²) in [7, 11) is -1.87. The normalized spacial score (nSPS) is 20.3. The van der Waals surface area contributed by atoms with E-state index in [4.69, 9.17) is 9.72 Å². The van der Waals surface area contributed by atoms with Gasteiger partial charge in [0.15, 0.2) is 9.84 Å². The number of nitrogens with one attached hydrogen (secondary N) is 1. The van der Waals surface area contributed by atoms with Crippen LogP contribution in [-0.4, -0.2) is 44.0 Å². The zero-order valence-electron chi connectivity index (χ0n) is 22.1. The van der Waals surface area contributed by atoms with E-state index in [1.165, 1.54) is 24.5 Å². The van der Waals surface area contributed by atoms with Gasteiger partial charge in [0.1, 0.15) is 5.82 Å². The van der Waals surface area contributed by atoms with Crippen LogP contribution in [0.1, 0.15) is 47.1 Å². The van der Waals surface area contributed by atoms with E-state index in [0.717, 1.165) is 16.7 Å². The van der Waals surface area contributed by atoms with Gasteiger partial charge < -0.3 is 15.2 Å². The molecular weight excluding hydrogens is 535 g/mol. The van der Waals surface area contributed by atoms with Crippen molar-refractivity contribution in [3.8, 4) is 5.88 Å². The van der Waals surface area contributed by atoms with Crippen molar-refractivity contribution < 1.29 is 22.7 Å². The molecule has 0 radical (unpaired) electrons. The molecule has 39 heavy (non-hydrogen) atoms. The number of pyridine rings is 1. The van der Waals surface area contributed by atoms with E-state index in [0.29, 0.717) is 41.7 Å². The summed E-state index contributed by atoms with van der Waals surface area (Å²) < 4.78 is 44.0. The van der Waals surface area contributed by atoms with Crippen LogP contribution in [0.5, 0.6) is 5.88 Å². The molecule has 1 saturated heterocycles. The summed E-state index contributed by atoms with van der Waals surface area (Å²) in [5.74, 6) is -0.428. The molecule has 6 nitrogen and oxygen atoms in total. The quantitative estimate of drug-likeness (QED) is 0.333. The Morgan fingerprint density at radius 1 is 1.10 bits per heavy atom. The molecule has 4 aromatic rings. The average Bonchev–Trinajstić information content (AvgIpc) is 2.88. The van der Waals surface area contributed by atoms with E-state index in [2.05, 4.69) is 5.32 Å². The molecule has 0 amide bonds. The number of aromatic nitrogens is 1. The van der Waals surface area contributed by atoms with Crippen molar-refractivity contribution in [1.82, 2.24) is 10.3 Å². The van der Waals surface area contributed by atoms with Gasteiger partial charge in [0.05, 0.1) is 23.1 Å². The summed E-state index contributed by atoms with van der Waals surface area (Å²) in [6.45, 7) is 2.43. The number of sulfone groups is 1. The zero-order chi connectivity index (χ0) is 27.1. The fourth-order valence-electron chi connectivity index (χ4n) is 5.68. The molecule has 206 valence electrons. The number of halogens is 1. The second-order valence-electron chi connectivity index (χ2n) is 10.1. The maximum absolute atomic E-state index is 13.8. The summed E-state index contributed by atoms with van der Waals surface area (Å²) >= 11 is 0. The minimum Gasteiger partial charge on any atom is -0.481 e. The number of rotatable bonds is 6. The van der Waals surface area contributed by atoms with Crippen molar-refractivity contribution in [2.75, 3.05) is 19.9 Å². The maximum atomic E-state index is 13.8. The van der Waals surface area contributed by atoms with Gasteiger partial charge in [0.2, 0.25) is 5.88 Å². The molecule has 3 aromatic carbocycles. The lowest BCUT2D eigenvalue weighted by Crippen LogP contribution is -2.48. The Morgan fingerprint density at radius 2 is 1.85 bits per heavy atom. The Labute approximate surface area is 235 Å². The molecule has 1 aliphatic heterocycles. The third-order valence-electron chi connectivity index (χ3n) is 7.50. The third kappa shape index (κ3) is 5.82. The van der Waals surface area contributed by atoms with Crippen LogP contribution in [0, 0.1) is 12.7 Å². The first-order valence-corrected chi connectivity index (χ1v) is 14.4. The maximum Gasteiger partial charge on any atom is 0.217 e. The summed E-state index contributed by atoms with van der Waals surface area (Å²) in [6, 6.07) is 21.0. The van der Waals surface area contributed by atoms with Crippen molar-refractivity contribution in [3.05, 3.63) is 101 Å². The minimum absolute atomic E-state index is 0. The molecule has 2 N–H and O–H groups in total. The highest BCUT2D eigenvalue weighted by Gasteiger charge is 2.44. The molecule has 0 bridgehead atoms. The SMILES string of the molecule is COc1nc2ccc(S(C)(=O)=O)cc2cc1C(c1ccccc1)C1(O)CCNC(c2ccc(F)cc2C)C1.S. The largest absolute Gasteiger partial charge is 0.481 e. The molecule has 2 heterocycles. The van der Waals surface area contributed by atoms with Crippen molar-refractivity contribution >= 4 is 34.2 Å². The Kier molecular flexibility index (Phi) is 8.37. The van der Waals surface area contributed by atoms with Crippen LogP contribution in [0.2, 0.25) is 0 Å². The highest BCUT2D eigenvalue weighted by molar-refractivity contribution is 7.90. The number of methoxy groups -OCH3 is 1. The standard InChI is InChI=1S/C30H31FN2O4S.H2S/c1-19-15-22(31)9-11-24(19)27-18-30(34,13-14-32-27)28(20-7-5-4-6-8-20)25-17-21-16-23(38(3,35)36)10-12-26(21)33-29(25)37-2;/h4-12,15-17,27-28,32,34H,13-14,18H2,1-3H3;1H2. The van der Waals surface area contributed by atoms with E-state index in [1.807, 2.05) is 43.3 Å². The van der Waals surface area contributed by atoms with Gasteiger partial charge in [0, 0.05) is 29.2 Å². The summed E-state index contributed by atoms with van der Waals surface area (Å²) in [5.41, 5.74) is 2.73. The molecular formula is C30H33FN2O4S2. The monoisotopic (exact) mass is 568 g/mol. The topological polar surface area (TPSA) is 88.5 Å². The highest BCUT2D eigenvalue weighted by Crippen LogP contribution is 2.47. The van der Waals surface area contributed by atoms with Gasteiger partial charge in [-0.25, -0.2) is 17.8 Å². The summed E-state index contributed by atoms with van der Waals surface area (Å²) in [6.07, 6.45) is 2.02. The van der Waals surface area contributed by atoms with Crippen LogP contribution in [0.4, 0.5) is 4.39 Å². The van der Waals surface area contributed by atoms with E-state index >= 15 is 0 Å². The van der Waals surface area contributed by atoms with Crippen molar-refractivity contribution in [3.63, 3.8) is 0 Å². The number of aryl methyl sites for hydroxylation is 1. The fraction of sp³-hybridized carbons (Fsp3) is 0.300. The first-order valence-electron chi connectivity index (χ1n) is 12.5. The first-order chi connectivity index (χ1) is 18.1. The van der Waals surface area contributed by atoms with Crippen LogP contribution < -0.4 is 10.1 Å². The number of nitrogens with zero attached hydrogens (tertiary/aromatic N) is 1. The number of piperidine rings is 1. The Hall–Kier alpha value is -2.98. The van der Waals surface area contributed by atoms with Crippen LogP contribution in [0.3, 0.4) is 0 Å². The number of hydrogen-bond donors (Lipinski definition) is 2. The molecule has 1 fully saturated rings. The zero-order valence-corrected chi connectivity index (χ0v) is 23.9. The number of ether oxygens (including phenoxy) is 1.